The van der Waals surface area contributed by atoms with E-state index in [4.69, 9.17) is 4.74 Å². The van der Waals surface area contributed by atoms with Gasteiger partial charge in [-0.25, -0.2) is 0 Å². The molecule has 0 aromatic rings. The molecule has 4 heteroatoms. The number of rotatable bonds is 36. The van der Waals surface area contributed by atoms with Crippen molar-refractivity contribution < 1.29 is 14.6 Å². The zero-order chi connectivity index (χ0) is 37.6. The highest BCUT2D eigenvalue weighted by atomic mass is 16.5. The number of likely N-dealkylation sites (tertiary alicyclic amines) is 1. The molecule has 1 atom stereocenters. The predicted octanol–water partition coefficient (Wildman–Crippen LogP) is 14.2. The van der Waals surface area contributed by atoms with Crippen LogP contribution in [-0.2, 0) is 9.53 Å². The van der Waals surface area contributed by atoms with Gasteiger partial charge in [-0.1, -0.05) is 152 Å². The Bertz CT molecular complexity index is 849. The lowest BCUT2D eigenvalue weighted by Gasteiger charge is -2.29. The third kappa shape index (κ3) is 30.8. The largest absolute Gasteiger partial charge is 0.465 e. The minimum atomic E-state index is -0.567. The van der Waals surface area contributed by atoms with Crippen molar-refractivity contribution in [3.63, 3.8) is 0 Å². The Labute approximate surface area is 324 Å². The van der Waals surface area contributed by atoms with Gasteiger partial charge in [0.25, 0.3) is 0 Å². The Morgan fingerprint density at radius 3 is 1.35 bits per heavy atom. The molecule has 0 aromatic carbocycles. The molecule has 1 N–H and O–H groups in total. The highest BCUT2D eigenvalue weighted by Crippen LogP contribution is 2.29. The average molecular weight is 726 g/mol. The van der Waals surface area contributed by atoms with Gasteiger partial charge in [0, 0.05) is 0 Å². The van der Waals surface area contributed by atoms with Crippen molar-refractivity contribution in [1.29, 1.82) is 0 Å². The summed E-state index contributed by atoms with van der Waals surface area (Å²) in [6.45, 7) is 6.98. The molecule has 1 aliphatic heterocycles. The van der Waals surface area contributed by atoms with Crippen LogP contribution in [0.4, 0.5) is 0 Å². The molecule has 0 saturated carbocycles. The highest BCUT2D eigenvalue weighted by Gasteiger charge is 2.26. The van der Waals surface area contributed by atoms with E-state index < -0.39 is 5.60 Å². The van der Waals surface area contributed by atoms with E-state index in [-0.39, 0.29) is 11.9 Å². The van der Waals surface area contributed by atoms with Crippen LogP contribution in [0.3, 0.4) is 0 Å². The van der Waals surface area contributed by atoms with Crippen molar-refractivity contribution in [2.75, 3.05) is 26.7 Å². The monoisotopic (exact) mass is 726 g/mol. The number of hydrogen-bond donors (Lipinski definition) is 1. The molecule has 0 radical (unpaired) electrons. The summed E-state index contributed by atoms with van der Waals surface area (Å²) in [5, 5.41) is 11.7. The first-order valence-electron chi connectivity index (χ1n) is 22.7. The van der Waals surface area contributed by atoms with Crippen LogP contribution in [0.25, 0.3) is 0 Å². The number of esters is 1. The second-order valence-electron chi connectivity index (χ2n) is 16.1. The lowest BCUT2D eigenvalue weighted by molar-refractivity contribution is -0.150. The number of carbonyl (C=O) groups is 1. The van der Waals surface area contributed by atoms with Crippen molar-refractivity contribution in [2.45, 2.75) is 218 Å². The topological polar surface area (TPSA) is 49.8 Å². The van der Waals surface area contributed by atoms with Gasteiger partial charge >= 0.3 is 5.97 Å². The van der Waals surface area contributed by atoms with Gasteiger partial charge in [-0.05, 0) is 129 Å². The van der Waals surface area contributed by atoms with E-state index in [2.05, 4.69) is 74.4 Å². The molecular formula is C48H87NO3. The van der Waals surface area contributed by atoms with E-state index >= 15 is 0 Å². The summed E-state index contributed by atoms with van der Waals surface area (Å²) < 4.78 is 5.67. The van der Waals surface area contributed by atoms with Gasteiger partial charge in [-0.15, -0.1) is 0 Å². The predicted molar refractivity (Wildman–Crippen MR) is 228 cm³/mol. The van der Waals surface area contributed by atoms with Crippen molar-refractivity contribution in [3.8, 4) is 0 Å². The maximum Gasteiger partial charge on any atom is 0.309 e. The molecule has 52 heavy (non-hydrogen) atoms. The van der Waals surface area contributed by atoms with E-state index in [0.717, 1.165) is 83.7 Å². The van der Waals surface area contributed by atoms with Gasteiger partial charge in [0.2, 0.25) is 0 Å². The number of ether oxygens (including phenoxy) is 1. The van der Waals surface area contributed by atoms with Crippen LogP contribution < -0.4 is 0 Å². The zero-order valence-electron chi connectivity index (χ0n) is 34.9. The molecule has 1 rings (SSSR count). The molecular weight excluding hydrogens is 639 g/mol. The average Bonchev–Trinajstić information content (AvgIpc) is 3.14. The smallest absolute Gasteiger partial charge is 0.309 e. The number of piperidine rings is 1. The Morgan fingerprint density at radius 1 is 0.558 bits per heavy atom. The van der Waals surface area contributed by atoms with Crippen LogP contribution >= 0.6 is 0 Å². The zero-order valence-corrected chi connectivity index (χ0v) is 34.9. The normalized spacial score (nSPS) is 15.9. The third-order valence-electron chi connectivity index (χ3n) is 11.0. The van der Waals surface area contributed by atoms with Gasteiger partial charge in [-0.2, -0.15) is 0 Å². The van der Waals surface area contributed by atoms with E-state index in [1.165, 1.54) is 128 Å². The van der Waals surface area contributed by atoms with Crippen LogP contribution in [0.15, 0.2) is 48.6 Å². The van der Waals surface area contributed by atoms with E-state index in [9.17, 15) is 9.90 Å². The number of nitrogens with zero attached hydrogens (tertiary/aromatic N) is 1. The van der Waals surface area contributed by atoms with E-state index in [0.29, 0.717) is 6.61 Å². The van der Waals surface area contributed by atoms with Gasteiger partial charge in [0.1, 0.15) is 0 Å². The van der Waals surface area contributed by atoms with E-state index in [1.54, 1.807) is 0 Å². The number of aliphatic hydroxyl groups is 1. The third-order valence-corrected chi connectivity index (χ3v) is 11.0. The van der Waals surface area contributed by atoms with Crippen LogP contribution in [0.1, 0.15) is 213 Å². The Balaban J connectivity index is 2.26. The Morgan fingerprint density at radius 2 is 0.923 bits per heavy atom. The maximum absolute atomic E-state index is 12.5. The molecule has 0 amide bonds. The molecule has 302 valence electrons. The molecule has 1 saturated heterocycles. The molecule has 0 aliphatic carbocycles. The summed E-state index contributed by atoms with van der Waals surface area (Å²) >= 11 is 0. The molecule has 0 spiro atoms. The molecule has 1 heterocycles. The summed E-state index contributed by atoms with van der Waals surface area (Å²) in [6.07, 6.45) is 54.9. The highest BCUT2D eigenvalue weighted by molar-refractivity contribution is 5.72. The first-order valence-corrected chi connectivity index (χ1v) is 22.7. The minimum Gasteiger partial charge on any atom is -0.465 e. The summed E-state index contributed by atoms with van der Waals surface area (Å²) in [5.41, 5.74) is -0.567. The van der Waals surface area contributed by atoms with Gasteiger partial charge < -0.3 is 14.7 Å². The minimum absolute atomic E-state index is 0.00829. The van der Waals surface area contributed by atoms with Gasteiger partial charge in [0.15, 0.2) is 0 Å². The molecule has 1 aliphatic rings. The Kier molecular flexibility index (Phi) is 33.8. The second kappa shape index (κ2) is 36.3. The molecule has 0 aromatic heterocycles. The molecule has 0 bridgehead atoms. The summed E-state index contributed by atoms with van der Waals surface area (Å²) in [5.74, 6) is 0.0618. The lowest BCUT2D eigenvalue weighted by Crippen LogP contribution is -2.34. The summed E-state index contributed by atoms with van der Waals surface area (Å²) in [7, 11) is 2.12. The van der Waals surface area contributed by atoms with Crippen molar-refractivity contribution in [3.05, 3.63) is 48.6 Å². The van der Waals surface area contributed by atoms with Gasteiger partial charge in [-0.3, -0.25) is 4.79 Å². The molecule has 1 fully saturated rings. The number of carbonyl (C=O) groups excluding carboxylic acids is 1. The van der Waals surface area contributed by atoms with E-state index in [1.807, 2.05) is 0 Å². The first-order chi connectivity index (χ1) is 25.5. The maximum atomic E-state index is 12.5. The number of allylic oxidation sites excluding steroid dienone is 8. The SMILES string of the molecule is CCCCCC=CCC=CCCCCCCCCC(O)(CCCCCCCC/C=C\C/C=C\CCCCC)CCCCOC(=O)C1CCN(C)CC1. The van der Waals surface area contributed by atoms with Crippen molar-refractivity contribution >= 4 is 5.97 Å². The fourth-order valence-electron chi connectivity index (χ4n) is 7.35. The first kappa shape index (κ1) is 48.4. The quantitative estimate of drug-likeness (QED) is 0.0397. The number of unbranched alkanes of at least 4 members (excludes halogenated alkanes) is 19. The summed E-state index contributed by atoms with van der Waals surface area (Å²) in [4.78, 5) is 14.8. The fraction of sp³-hybridized carbons (Fsp3) is 0.812. The molecule has 1 unspecified atom stereocenters. The lowest BCUT2D eigenvalue weighted by atomic mass is 9.85. The van der Waals surface area contributed by atoms with Crippen LogP contribution in [-0.4, -0.2) is 48.3 Å². The standard InChI is InChI=1S/C48H87NO3/c1-4-6-8-10-12-14-16-18-20-22-24-26-28-30-32-34-40-48(51,42-36-37-45-52-47(50)46-38-43-49(3)44-39-46)41-35-33-31-29-27-25-23-21-19-17-15-13-11-9-7-5-2/h12-15,18-21,46,51H,4-11,16-17,22-45H2,1-3H3/b14-12-,15-13?,20-18-,21-19?. The van der Waals surface area contributed by atoms with Crippen LogP contribution in [0.5, 0.6) is 0 Å². The molecule has 4 nitrogen and oxygen atoms in total. The summed E-state index contributed by atoms with van der Waals surface area (Å²) in [6, 6.07) is 0. The second-order valence-corrected chi connectivity index (χ2v) is 16.1. The van der Waals surface area contributed by atoms with Crippen LogP contribution in [0, 0.1) is 5.92 Å². The fourth-order valence-corrected chi connectivity index (χ4v) is 7.35. The number of hydrogen-bond acceptors (Lipinski definition) is 4. The van der Waals surface area contributed by atoms with Crippen LogP contribution in [0.2, 0.25) is 0 Å². The van der Waals surface area contributed by atoms with Crippen molar-refractivity contribution in [1.82, 2.24) is 4.90 Å². The van der Waals surface area contributed by atoms with Crippen molar-refractivity contribution in [2.24, 2.45) is 5.92 Å². The van der Waals surface area contributed by atoms with Gasteiger partial charge in [0.05, 0.1) is 18.1 Å². The Hall–Kier alpha value is -1.65.